The fourth-order valence-corrected chi connectivity index (χ4v) is 2.61. The molecule has 2 aromatic carbocycles. The van der Waals surface area contributed by atoms with E-state index in [1.54, 1.807) is 12.1 Å². The number of carbonyl (C=O) groups is 1. The number of aromatic hydroxyl groups is 2. The van der Waals surface area contributed by atoms with Crippen LogP contribution in [0, 0.1) is 0 Å². The molecule has 2 aromatic rings. The zero-order chi connectivity index (χ0) is 16.6. The lowest BCUT2D eigenvalue weighted by Gasteiger charge is -2.32. The van der Waals surface area contributed by atoms with Crippen molar-refractivity contribution in [3.8, 4) is 23.0 Å². The molecule has 0 amide bonds. The van der Waals surface area contributed by atoms with Gasteiger partial charge < -0.3 is 24.8 Å². The molecular weight excluding hydrogens is 300 g/mol. The van der Waals surface area contributed by atoms with Crippen LogP contribution in [0.5, 0.6) is 23.0 Å². The molecule has 0 bridgehead atoms. The van der Waals surface area contributed by atoms with Crippen LogP contribution < -0.4 is 9.47 Å². The molecule has 6 heteroatoms. The van der Waals surface area contributed by atoms with Gasteiger partial charge in [0.15, 0.2) is 5.60 Å². The van der Waals surface area contributed by atoms with Crippen molar-refractivity contribution in [2.45, 2.75) is 12.0 Å². The Labute approximate surface area is 132 Å². The second-order valence-electron chi connectivity index (χ2n) is 5.51. The van der Waals surface area contributed by atoms with Crippen LogP contribution in [0.25, 0.3) is 0 Å². The molecule has 0 saturated heterocycles. The van der Waals surface area contributed by atoms with Crippen molar-refractivity contribution in [1.82, 2.24) is 0 Å². The molecule has 1 atom stereocenters. The standard InChI is InChI=1S/C17H16O6/c1-22-12-6-13(19)15-14(7-12)23-9-17(21,16(15)20)8-10-2-4-11(18)5-3-10/h2-7,18-19,21H,8-9H2,1H3. The van der Waals surface area contributed by atoms with Gasteiger partial charge in [-0.15, -0.1) is 0 Å². The molecule has 3 rings (SSSR count). The number of phenolic OH excluding ortho intramolecular Hbond substituents is 2. The lowest BCUT2D eigenvalue weighted by atomic mass is 9.85. The number of carbonyl (C=O) groups excluding carboxylic acids is 1. The summed E-state index contributed by atoms with van der Waals surface area (Å²) in [6, 6.07) is 8.97. The molecule has 23 heavy (non-hydrogen) atoms. The zero-order valence-corrected chi connectivity index (χ0v) is 12.4. The lowest BCUT2D eigenvalue weighted by Crippen LogP contribution is -2.49. The second kappa shape index (κ2) is 5.48. The molecular formula is C17H16O6. The van der Waals surface area contributed by atoms with Crippen molar-refractivity contribution in [2.75, 3.05) is 13.7 Å². The SMILES string of the molecule is COc1cc(O)c2c(c1)OCC(O)(Cc1ccc(O)cc1)C2=O. The second-order valence-corrected chi connectivity index (χ2v) is 5.51. The van der Waals surface area contributed by atoms with Crippen LogP contribution in [0.3, 0.4) is 0 Å². The van der Waals surface area contributed by atoms with Crippen LogP contribution in [-0.4, -0.2) is 40.4 Å². The molecule has 0 spiro atoms. The predicted molar refractivity (Wildman–Crippen MR) is 81.2 cm³/mol. The van der Waals surface area contributed by atoms with E-state index in [0.717, 1.165) is 0 Å². The number of fused-ring (bicyclic) bond motifs is 1. The normalized spacial score (nSPS) is 19.8. The zero-order valence-electron chi connectivity index (χ0n) is 12.4. The van der Waals surface area contributed by atoms with Gasteiger partial charge in [-0.3, -0.25) is 4.79 Å². The number of hydrogen-bond acceptors (Lipinski definition) is 6. The molecule has 0 aliphatic carbocycles. The predicted octanol–water partition coefficient (Wildman–Crippen LogP) is 1.66. The topological polar surface area (TPSA) is 96.2 Å². The maximum Gasteiger partial charge on any atom is 0.205 e. The number of rotatable bonds is 3. The van der Waals surface area contributed by atoms with Crippen molar-refractivity contribution in [3.63, 3.8) is 0 Å². The Morgan fingerprint density at radius 1 is 1.22 bits per heavy atom. The van der Waals surface area contributed by atoms with Gasteiger partial charge in [0.25, 0.3) is 0 Å². The fraction of sp³-hybridized carbons (Fsp3) is 0.235. The molecule has 0 fully saturated rings. The quantitative estimate of drug-likeness (QED) is 0.797. The van der Waals surface area contributed by atoms with Crippen molar-refractivity contribution >= 4 is 5.78 Å². The van der Waals surface area contributed by atoms with Gasteiger partial charge in [-0.2, -0.15) is 0 Å². The summed E-state index contributed by atoms with van der Waals surface area (Å²) in [7, 11) is 1.44. The number of hydrogen-bond donors (Lipinski definition) is 3. The lowest BCUT2D eigenvalue weighted by molar-refractivity contribution is -0.00240. The van der Waals surface area contributed by atoms with E-state index in [9.17, 15) is 20.1 Å². The average Bonchev–Trinajstić information content (AvgIpc) is 2.53. The van der Waals surface area contributed by atoms with Crippen molar-refractivity contribution in [1.29, 1.82) is 0 Å². The summed E-state index contributed by atoms with van der Waals surface area (Å²) in [4.78, 5) is 12.7. The number of aliphatic hydroxyl groups is 1. The Kier molecular flexibility index (Phi) is 3.61. The fourth-order valence-electron chi connectivity index (χ4n) is 2.61. The van der Waals surface area contributed by atoms with Gasteiger partial charge in [0.1, 0.15) is 35.2 Å². The van der Waals surface area contributed by atoms with E-state index in [1.165, 1.54) is 31.4 Å². The van der Waals surface area contributed by atoms with E-state index in [4.69, 9.17) is 9.47 Å². The molecule has 3 N–H and O–H groups in total. The number of ether oxygens (including phenoxy) is 2. The number of methoxy groups -OCH3 is 1. The summed E-state index contributed by atoms with van der Waals surface area (Å²) >= 11 is 0. The van der Waals surface area contributed by atoms with Gasteiger partial charge in [-0.1, -0.05) is 12.1 Å². The maximum atomic E-state index is 12.7. The highest BCUT2D eigenvalue weighted by molar-refractivity contribution is 6.08. The summed E-state index contributed by atoms with van der Waals surface area (Å²) in [5, 5.41) is 30.0. The van der Waals surface area contributed by atoms with Crippen molar-refractivity contribution in [2.24, 2.45) is 0 Å². The number of Topliss-reactive ketones (excluding diaryl/α,β-unsaturated/α-hetero) is 1. The van der Waals surface area contributed by atoms with Gasteiger partial charge in [0, 0.05) is 18.6 Å². The largest absolute Gasteiger partial charge is 0.508 e. The molecule has 1 aliphatic heterocycles. The number of phenols is 2. The van der Waals surface area contributed by atoms with Crippen LogP contribution >= 0.6 is 0 Å². The highest BCUT2D eigenvalue weighted by Gasteiger charge is 2.44. The monoisotopic (exact) mass is 316 g/mol. The first-order chi connectivity index (χ1) is 10.9. The number of benzene rings is 2. The Morgan fingerprint density at radius 2 is 1.91 bits per heavy atom. The highest BCUT2D eigenvalue weighted by Crippen LogP contribution is 2.40. The van der Waals surface area contributed by atoms with E-state index < -0.39 is 11.4 Å². The molecule has 0 radical (unpaired) electrons. The van der Waals surface area contributed by atoms with Gasteiger partial charge in [-0.25, -0.2) is 0 Å². The van der Waals surface area contributed by atoms with Crippen molar-refractivity contribution < 1.29 is 29.6 Å². The first-order valence-electron chi connectivity index (χ1n) is 7.02. The van der Waals surface area contributed by atoms with E-state index in [1.807, 2.05) is 0 Å². The summed E-state index contributed by atoms with van der Waals surface area (Å²) in [5.41, 5.74) is -1.17. The van der Waals surface area contributed by atoms with E-state index >= 15 is 0 Å². The van der Waals surface area contributed by atoms with Crippen LogP contribution in [0.15, 0.2) is 36.4 Å². The van der Waals surface area contributed by atoms with Crippen LogP contribution in [-0.2, 0) is 6.42 Å². The Balaban J connectivity index is 1.94. The minimum Gasteiger partial charge on any atom is -0.508 e. The minimum absolute atomic E-state index is 0.0109. The maximum absolute atomic E-state index is 12.7. The average molecular weight is 316 g/mol. The summed E-state index contributed by atoms with van der Waals surface area (Å²) in [6.07, 6.45) is 0.0109. The van der Waals surface area contributed by atoms with Gasteiger partial charge in [0.05, 0.1) is 7.11 Å². The highest BCUT2D eigenvalue weighted by atomic mass is 16.5. The first-order valence-corrected chi connectivity index (χ1v) is 7.02. The Hall–Kier alpha value is -2.73. The van der Waals surface area contributed by atoms with Crippen LogP contribution in [0.4, 0.5) is 0 Å². The third-order valence-electron chi connectivity index (χ3n) is 3.84. The number of ketones is 1. The Bertz CT molecular complexity index is 752. The smallest absolute Gasteiger partial charge is 0.205 e. The molecule has 1 heterocycles. The third kappa shape index (κ3) is 2.68. The van der Waals surface area contributed by atoms with E-state index in [2.05, 4.69) is 0 Å². The summed E-state index contributed by atoms with van der Waals surface area (Å²) in [5.74, 6) is -0.262. The van der Waals surface area contributed by atoms with E-state index in [-0.39, 0.29) is 35.8 Å². The molecule has 1 unspecified atom stereocenters. The molecule has 0 aromatic heterocycles. The van der Waals surface area contributed by atoms with Gasteiger partial charge >= 0.3 is 0 Å². The summed E-state index contributed by atoms with van der Waals surface area (Å²) in [6.45, 7) is -0.230. The van der Waals surface area contributed by atoms with E-state index in [0.29, 0.717) is 11.3 Å². The molecule has 6 nitrogen and oxygen atoms in total. The Morgan fingerprint density at radius 3 is 2.57 bits per heavy atom. The summed E-state index contributed by atoms with van der Waals surface area (Å²) < 4.78 is 10.5. The molecule has 120 valence electrons. The van der Waals surface area contributed by atoms with Crippen molar-refractivity contribution in [3.05, 3.63) is 47.5 Å². The third-order valence-corrected chi connectivity index (χ3v) is 3.84. The van der Waals surface area contributed by atoms with Gasteiger partial charge in [-0.05, 0) is 17.7 Å². The van der Waals surface area contributed by atoms with Gasteiger partial charge in [0.2, 0.25) is 5.78 Å². The first kappa shape index (κ1) is 15.2. The molecule has 0 saturated carbocycles. The molecule has 1 aliphatic rings. The van der Waals surface area contributed by atoms with Crippen LogP contribution in [0.2, 0.25) is 0 Å². The van der Waals surface area contributed by atoms with Crippen LogP contribution in [0.1, 0.15) is 15.9 Å². The minimum atomic E-state index is -1.78.